The molecule has 8 heteroatoms. The van der Waals surface area contributed by atoms with Crippen molar-refractivity contribution in [3.63, 3.8) is 0 Å². The van der Waals surface area contributed by atoms with E-state index >= 15 is 0 Å². The summed E-state index contributed by atoms with van der Waals surface area (Å²) in [5.74, 6) is 1.34. The van der Waals surface area contributed by atoms with Crippen molar-refractivity contribution in [3.8, 4) is 11.5 Å². The van der Waals surface area contributed by atoms with Crippen LogP contribution in [0.5, 0.6) is 11.5 Å². The summed E-state index contributed by atoms with van der Waals surface area (Å²) in [6.07, 6.45) is 1.28. The first-order valence-corrected chi connectivity index (χ1v) is 10.7. The van der Waals surface area contributed by atoms with Crippen molar-refractivity contribution in [2.45, 2.75) is 58.5 Å². The van der Waals surface area contributed by atoms with E-state index in [0.29, 0.717) is 31.1 Å². The summed E-state index contributed by atoms with van der Waals surface area (Å²) >= 11 is 0. The number of hydrogen-bond acceptors (Lipinski definition) is 5. The predicted octanol–water partition coefficient (Wildman–Crippen LogP) is 3.93. The van der Waals surface area contributed by atoms with Gasteiger partial charge in [0, 0.05) is 32.1 Å². The van der Waals surface area contributed by atoms with Crippen molar-refractivity contribution in [2.24, 2.45) is 0 Å². The Morgan fingerprint density at radius 2 is 1.61 bits per heavy atom. The SMILES string of the molecule is CCC(CC)(CNC(=O)NCCN(C)C(=O)OC(C)(C)C)c1ccc(OC)c(OC)c1. The maximum Gasteiger partial charge on any atom is 0.410 e. The Morgan fingerprint density at radius 3 is 2.13 bits per heavy atom. The number of amides is 3. The fourth-order valence-corrected chi connectivity index (χ4v) is 3.26. The van der Waals surface area contributed by atoms with Gasteiger partial charge in [-0.1, -0.05) is 19.9 Å². The summed E-state index contributed by atoms with van der Waals surface area (Å²) in [6, 6.07) is 5.61. The second kappa shape index (κ2) is 11.7. The van der Waals surface area contributed by atoms with E-state index in [1.54, 1.807) is 21.3 Å². The number of rotatable bonds is 10. The van der Waals surface area contributed by atoms with Crippen LogP contribution in [0.3, 0.4) is 0 Å². The minimum Gasteiger partial charge on any atom is -0.493 e. The Kier molecular flexibility index (Phi) is 9.94. The number of carbonyl (C=O) groups is 2. The predicted molar refractivity (Wildman–Crippen MR) is 122 cm³/mol. The smallest absolute Gasteiger partial charge is 0.410 e. The van der Waals surface area contributed by atoms with Gasteiger partial charge in [0.05, 0.1) is 14.2 Å². The lowest BCUT2D eigenvalue weighted by molar-refractivity contribution is 0.0301. The molecule has 1 aromatic rings. The highest BCUT2D eigenvalue weighted by Crippen LogP contribution is 2.37. The first-order chi connectivity index (χ1) is 14.5. The minimum absolute atomic E-state index is 0.232. The third-order valence-electron chi connectivity index (χ3n) is 5.37. The third kappa shape index (κ3) is 7.84. The number of ether oxygens (including phenoxy) is 3. The first-order valence-electron chi connectivity index (χ1n) is 10.7. The van der Waals surface area contributed by atoms with Gasteiger partial charge in [-0.2, -0.15) is 0 Å². The lowest BCUT2D eigenvalue weighted by Crippen LogP contribution is -2.46. The normalized spacial score (nSPS) is 11.5. The topological polar surface area (TPSA) is 89.1 Å². The van der Waals surface area contributed by atoms with Gasteiger partial charge in [0.1, 0.15) is 5.60 Å². The molecule has 0 spiro atoms. The third-order valence-corrected chi connectivity index (χ3v) is 5.37. The summed E-state index contributed by atoms with van der Waals surface area (Å²) in [6.45, 7) is 10.8. The largest absolute Gasteiger partial charge is 0.493 e. The van der Waals surface area contributed by atoms with Crippen LogP contribution in [-0.2, 0) is 10.2 Å². The molecule has 176 valence electrons. The molecule has 31 heavy (non-hydrogen) atoms. The Hall–Kier alpha value is -2.64. The standard InChI is InChI=1S/C23H39N3O5/c1-9-23(10-2,17-11-12-18(29-7)19(15-17)30-8)16-25-20(27)24-13-14-26(6)21(28)31-22(3,4)5/h11-12,15H,9-10,13-14,16H2,1-8H3,(H2,24,25,27). The summed E-state index contributed by atoms with van der Waals surface area (Å²) in [5.41, 5.74) is 0.300. The highest BCUT2D eigenvalue weighted by atomic mass is 16.6. The first kappa shape index (κ1) is 26.4. The quantitative estimate of drug-likeness (QED) is 0.579. The van der Waals surface area contributed by atoms with Gasteiger partial charge in [-0.25, -0.2) is 9.59 Å². The average Bonchev–Trinajstić information content (AvgIpc) is 2.73. The van der Waals surface area contributed by atoms with Crippen LogP contribution < -0.4 is 20.1 Å². The molecular weight excluding hydrogens is 398 g/mol. The van der Waals surface area contributed by atoms with Crippen molar-refractivity contribution in [3.05, 3.63) is 23.8 Å². The van der Waals surface area contributed by atoms with Gasteiger partial charge in [0.25, 0.3) is 0 Å². The Morgan fingerprint density at radius 1 is 1.00 bits per heavy atom. The van der Waals surface area contributed by atoms with Crippen molar-refractivity contribution < 1.29 is 23.8 Å². The number of likely N-dealkylation sites (N-methyl/N-ethyl adjacent to an activating group) is 1. The molecule has 0 unspecified atom stereocenters. The van der Waals surface area contributed by atoms with Gasteiger partial charge in [-0.05, 0) is 51.3 Å². The zero-order chi connectivity index (χ0) is 23.7. The Bertz CT molecular complexity index is 726. The second-order valence-corrected chi connectivity index (χ2v) is 8.57. The van der Waals surface area contributed by atoms with E-state index in [1.807, 2.05) is 39.0 Å². The van der Waals surface area contributed by atoms with Crippen LogP contribution >= 0.6 is 0 Å². The van der Waals surface area contributed by atoms with Gasteiger partial charge in [-0.3, -0.25) is 0 Å². The van der Waals surface area contributed by atoms with E-state index in [-0.39, 0.29) is 11.4 Å². The molecule has 0 bridgehead atoms. The van der Waals surface area contributed by atoms with Crippen LogP contribution in [0.25, 0.3) is 0 Å². The van der Waals surface area contributed by atoms with E-state index in [1.165, 1.54) is 4.90 Å². The van der Waals surface area contributed by atoms with Crippen LogP contribution in [0, 0.1) is 0 Å². The molecule has 0 aliphatic heterocycles. The van der Waals surface area contributed by atoms with E-state index in [4.69, 9.17) is 14.2 Å². The van der Waals surface area contributed by atoms with Gasteiger partial charge in [-0.15, -0.1) is 0 Å². The lowest BCUT2D eigenvalue weighted by Gasteiger charge is -2.33. The minimum atomic E-state index is -0.552. The number of carbonyl (C=O) groups excluding carboxylic acids is 2. The Labute approximate surface area is 186 Å². The van der Waals surface area contributed by atoms with Crippen LogP contribution in [0.4, 0.5) is 9.59 Å². The molecule has 0 saturated carbocycles. The number of nitrogens with zero attached hydrogens (tertiary/aromatic N) is 1. The number of urea groups is 1. The maximum atomic E-state index is 12.4. The van der Waals surface area contributed by atoms with Crippen molar-refractivity contribution >= 4 is 12.1 Å². The Balaban J connectivity index is 2.67. The van der Waals surface area contributed by atoms with Crippen LogP contribution in [0.1, 0.15) is 53.0 Å². The van der Waals surface area contributed by atoms with E-state index < -0.39 is 11.7 Å². The highest BCUT2D eigenvalue weighted by Gasteiger charge is 2.30. The van der Waals surface area contributed by atoms with Gasteiger partial charge in [0.15, 0.2) is 11.5 Å². The van der Waals surface area contributed by atoms with Crippen molar-refractivity contribution in [1.29, 1.82) is 0 Å². The number of methoxy groups -OCH3 is 2. The molecule has 2 N–H and O–H groups in total. The van der Waals surface area contributed by atoms with Gasteiger partial charge < -0.3 is 29.7 Å². The van der Waals surface area contributed by atoms with Crippen molar-refractivity contribution in [2.75, 3.05) is 40.9 Å². The molecule has 1 aromatic carbocycles. The molecule has 0 aromatic heterocycles. The summed E-state index contributed by atoms with van der Waals surface area (Å²) in [5, 5.41) is 5.77. The summed E-state index contributed by atoms with van der Waals surface area (Å²) in [7, 11) is 4.86. The number of hydrogen-bond donors (Lipinski definition) is 2. The molecule has 0 atom stereocenters. The molecule has 0 aliphatic carbocycles. The molecule has 0 radical (unpaired) electrons. The fraction of sp³-hybridized carbons (Fsp3) is 0.652. The maximum absolute atomic E-state index is 12.4. The average molecular weight is 438 g/mol. The highest BCUT2D eigenvalue weighted by molar-refractivity contribution is 5.74. The van der Waals surface area contributed by atoms with E-state index in [2.05, 4.69) is 24.5 Å². The molecule has 3 amide bonds. The molecule has 1 rings (SSSR count). The monoisotopic (exact) mass is 437 g/mol. The fourth-order valence-electron chi connectivity index (χ4n) is 3.26. The lowest BCUT2D eigenvalue weighted by atomic mass is 9.75. The van der Waals surface area contributed by atoms with E-state index in [0.717, 1.165) is 18.4 Å². The zero-order valence-electron chi connectivity index (χ0n) is 20.3. The van der Waals surface area contributed by atoms with Gasteiger partial charge >= 0.3 is 12.1 Å². The molecule has 0 saturated heterocycles. The van der Waals surface area contributed by atoms with Crippen LogP contribution in [0.2, 0.25) is 0 Å². The molecule has 8 nitrogen and oxygen atoms in total. The summed E-state index contributed by atoms with van der Waals surface area (Å²) in [4.78, 5) is 25.8. The molecule has 0 heterocycles. The van der Waals surface area contributed by atoms with Gasteiger partial charge in [0.2, 0.25) is 0 Å². The number of nitrogens with one attached hydrogen (secondary N) is 2. The molecule has 0 fully saturated rings. The second-order valence-electron chi connectivity index (χ2n) is 8.57. The summed E-state index contributed by atoms with van der Waals surface area (Å²) < 4.78 is 16.1. The van der Waals surface area contributed by atoms with Crippen LogP contribution in [0.15, 0.2) is 18.2 Å². The number of benzene rings is 1. The molecule has 0 aliphatic rings. The van der Waals surface area contributed by atoms with Crippen LogP contribution in [-0.4, -0.2) is 63.5 Å². The van der Waals surface area contributed by atoms with E-state index in [9.17, 15) is 9.59 Å². The zero-order valence-corrected chi connectivity index (χ0v) is 20.3. The molecular formula is C23H39N3O5. The van der Waals surface area contributed by atoms with Crippen molar-refractivity contribution in [1.82, 2.24) is 15.5 Å².